The van der Waals surface area contributed by atoms with Crippen LogP contribution in [-0.4, -0.2) is 12.1 Å². The van der Waals surface area contributed by atoms with Gasteiger partial charge in [0.15, 0.2) is 0 Å². The Morgan fingerprint density at radius 2 is 1.75 bits per heavy atom. The van der Waals surface area contributed by atoms with E-state index in [-0.39, 0.29) is 5.54 Å². The van der Waals surface area contributed by atoms with Gasteiger partial charge in [0.25, 0.3) is 0 Å². The molecule has 20 heavy (non-hydrogen) atoms. The Hall–Kier alpha value is -1.23. The van der Waals surface area contributed by atoms with Gasteiger partial charge in [-0.2, -0.15) is 13.2 Å². The van der Waals surface area contributed by atoms with Crippen molar-refractivity contribution in [2.45, 2.75) is 44.3 Å². The van der Waals surface area contributed by atoms with Gasteiger partial charge in [-0.3, -0.25) is 0 Å². The van der Waals surface area contributed by atoms with Gasteiger partial charge in [0.05, 0.1) is 5.56 Å². The van der Waals surface area contributed by atoms with Crippen LogP contribution < -0.4 is 11.1 Å². The molecule has 0 aromatic heterocycles. The van der Waals surface area contributed by atoms with Crippen LogP contribution in [0.25, 0.3) is 0 Å². The van der Waals surface area contributed by atoms with E-state index in [1.807, 2.05) is 0 Å². The van der Waals surface area contributed by atoms with Gasteiger partial charge in [0, 0.05) is 17.8 Å². The van der Waals surface area contributed by atoms with E-state index in [0.717, 1.165) is 37.8 Å². The number of benzene rings is 1. The van der Waals surface area contributed by atoms with Gasteiger partial charge in [-0.15, -0.1) is 0 Å². The molecule has 0 bridgehead atoms. The van der Waals surface area contributed by atoms with E-state index in [1.165, 1.54) is 12.1 Å². The lowest BCUT2D eigenvalue weighted by molar-refractivity contribution is -0.137. The number of halogens is 3. The Balaban J connectivity index is 2.08. The molecule has 112 valence electrons. The second-order valence-corrected chi connectivity index (χ2v) is 5.87. The molecule has 0 saturated heterocycles. The van der Waals surface area contributed by atoms with E-state index < -0.39 is 11.7 Å². The highest BCUT2D eigenvalue weighted by Gasteiger charge is 2.33. The van der Waals surface area contributed by atoms with Crippen molar-refractivity contribution in [3.05, 3.63) is 29.8 Å². The molecule has 0 heterocycles. The third kappa shape index (κ3) is 3.45. The average Bonchev–Trinajstić information content (AvgIpc) is 2.41. The summed E-state index contributed by atoms with van der Waals surface area (Å²) in [5, 5.41) is 3.35. The van der Waals surface area contributed by atoms with Crippen molar-refractivity contribution in [1.82, 2.24) is 0 Å². The van der Waals surface area contributed by atoms with E-state index in [0.29, 0.717) is 18.2 Å². The molecule has 2 rings (SSSR count). The summed E-state index contributed by atoms with van der Waals surface area (Å²) in [5.41, 5.74) is 5.80. The Morgan fingerprint density at radius 3 is 2.20 bits per heavy atom. The van der Waals surface area contributed by atoms with Gasteiger partial charge in [-0.1, -0.05) is 6.92 Å². The summed E-state index contributed by atoms with van der Waals surface area (Å²) < 4.78 is 37.6. The maximum absolute atomic E-state index is 12.5. The van der Waals surface area contributed by atoms with Crippen molar-refractivity contribution in [2.75, 3.05) is 11.9 Å². The molecule has 0 unspecified atom stereocenters. The molecule has 1 aliphatic rings. The molecule has 2 nitrogen and oxygen atoms in total. The first kappa shape index (κ1) is 15.2. The Morgan fingerprint density at radius 1 is 1.20 bits per heavy atom. The molecule has 3 N–H and O–H groups in total. The number of alkyl halides is 3. The van der Waals surface area contributed by atoms with Crippen LogP contribution in [0.3, 0.4) is 0 Å². The third-order valence-electron chi connectivity index (χ3n) is 4.24. The summed E-state index contributed by atoms with van der Waals surface area (Å²) in [6.45, 7) is 2.72. The van der Waals surface area contributed by atoms with Gasteiger partial charge in [-0.25, -0.2) is 0 Å². The van der Waals surface area contributed by atoms with Gasteiger partial charge in [-0.05, 0) is 55.9 Å². The molecule has 1 aromatic carbocycles. The number of nitrogens with one attached hydrogen (secondary N) is 1. The predicted octanol–water partition coefficient (Wildman–Crippen LogP) is 4.02. The van der Waals surface area contributed by atoms with Crippen molar-refractivity contribution in [2.24, 2.45) is 11.7 Å². The molecule has 1 aliphatic carbocycles. The molecule has 0 atom stereocenters. The Kier molecular flexibility index (Phi) is 4.28. The van der Waals surface area contributed by atoms with Crippen molar-refractivity contribution >= 4 is 5.69 Å². The van der Waals surface area contributed by atoms with Gasteiger partial charge < -0.3 is 11.1 Å². The summed E-state index contributed by atoms with van der Waals surface area (Å²) in [6, 6.07) is 5.19. The zero-order chi connectivity index (χ0) is 14.8. The number of nitrogens with two attached hydrogens (primary N) is 1. The van der Waals surface area contributed by atoms with Gasteiger partial charge >= 0.3 is 6.18 Å². The quantitative estimate of drug-likeness (QED) is 0.880. The van der Waals surface area contributed by atoms with E-state index in [9.17, 15) is 13.2 Å². The number of hydrogen-bond donors (Lipinski definition) is 2. The fraction of sp³-hybridized carbons (Fsp3) is 0.600. The standard InChI is InChI=1S/C15H21F3N2/c1-11-6-8-14(10-19,9-7-11)20-13-4-2-12(3-5-13)15(16,17)18/h2-5,11,20H,6-10,19H2,1H3. The maximum Gasteiger partial charge on any atom is 0.416 e. The lowest BCUT2D eigenvalue weighted by Crippen LogP contribution is -2.48. The Labute approximate surface area is 117 Å². The van der Waals surface area contributed by atoms with Crippen LogP contribution in [0.4, 0.5) is 18.9 Å². The predicted molar refractivity (Wildman–Crippen MR) is 74.5 cm³/mol. The maximum atomic E-state index is 12.5. The second-order valence-electron chi connectivity index (χ2n) is 5.87. The van der Waals surface area contributed by atoms with E-state index >= 15 is 0 Å². The highest BCUT2D eigenvalue weighted by Crippen LogP contribution is 2.35. The second kappa shape index (κ2) is 5.64. The summed E-state index contributed by atoms with van der Waals surface area (Å²) in [5.74, 6) is 0.698. The number of rotatable bonds is 3. The molecule has 1 aromatic rings. The van der Waals surface area contributed by atoms with Crippen molar-refractivity contribution in [3.8, 4) is 0 Å². The first-order valence-corrected chi connectivity index (χ1v) is 7.00. The molecule has 1 fully saturated rings. The highest BCUT2D eigenvalue weighted by atomic mass is 19.4. The Bertz CT molecular complexity index is 431. The molecule has 0 radical (unpaired) electrons. The van der Waals surface area contributed by atoms with Crippen LogP contribution in [0.2, 0.25) is 0 Å². The summed E-state index contributed by atoms with van der Waals surface area (Å²) >= 11 is 0. The van der Waals surface area contributed by atoms with Crippen molar-refractivity contribution in [1.29, 1.82) is 0 Å². The zero-order valence-electron chi connectivity index (χ0n) is 11.6. The van der Waals surface area contributed by atoms with Gasteiger partial charge in [0.2, 0.25) is 0 Å². The largest absolute Gasteiger partial charge is 0.416 e. The van der Waals surface area contributed by atoms with Crippen molar-refractivity contribution in [3.63, 3.8) is 0 Å². The fourth-order valence-electron chi connectivity index (χ4n) is 2.74. The lowest BCUT2D eigenvalue weighted by Gasteiger charge is -2.40. The first-order chi connectivity index (χ1) is 9.35. The first-order valence-electron chi connectivity index (χ1n) is 7.00. The van der Waals surface area contributed by atoms with E-state index in [1.54, 1.807) is 0 Å². The topological polar surface area (TPSA) is 38.0 Å². The normalized spacial score (nSPS) is 27.4. The van der Waals surface area contributed by atoms with Crippen molar-refractivity contribution < 1.29 is 13.2 Å². The molecule has 0 aliphatic heterocycles. The average molecular weight is 286 g/mol. The van der Waals surface area contributed by atoms with Crippen LogP contribution in [0.1, 0.15) is 38.2 Å². The molecular weight excluding hydrogens is 265 g/mol. The molecule has 5 heteroatoms. The minimum Gasteiger partial charge on any atom is -0.378 e. The number of hydrogen-bond acceptors (Lipinski definition) is 2. The van der Waals surface area contributed by atoms with Gasteiger partial charge in [0.1, 0.15) is 0 Å². The monoisotopic (exact) mass is 286 g/mol. The van der Waals surface area contributed by atoms with Crippen LogP contribution in [0.15, 0.2) is 24.3 Å². The van der Waals surface area contributed by atoms with Crippen LogP contribution >= 0.6 is 0 Å². The minimum absolute atomic E-state index is 0.174. The highest BCUT2D eigenvalue weighted by molar-refractivity contribution is 5.47. The smallest absolute Gasteiger partial charge is 0.378 e. The van der Waals surface area contributed by atoms with Crippen LogP contribution in [-0.2, 0) is 6.18 Å². The zero-order valence-corrected chi connectivity index (χ0v) is 11.6. The molecule has 0 spiro atoms. The minimum atomic E-state index is -4.29. The molecule has 1 saturated carbocycles. The number of anilines is 1. The lowest BCUT2D eigenvalue weighted by atomic mass is 9.77. The summed E-state index contributed by atoms with van der Waals surface area (Å²) in [7, 11) is 0. The molecule has 0 amide bonds. The third-order valence-corrected chi connectivity index (χ3v) is 4.24. The summed E-state index contributed by atoms with van der Waals surface area (Å²) in [6.07, 6.45) is -0.155. The molecular formula is C15H21F3N2. The SMILES string of the molecule is CC1CCC(CN)(Nc2ccc(C(F)(F)F)cc2)CC1. The summed E-state index contributed by atoms with van der Waals surface area (Å²) in [4.78, 5) is 0. The van der Waals surface area contributed by atoms with E-state index in [2.05, 4.69) is 12.2 Å². The van der Waals surface area contributed by atoms with Crippen LogP contribution in [0, 0.1) is 5.92 Å². The van der Waals surface area contributed by atoms with E-state index in [4.69, 9.17) is 5.73 Å². The van der Waals surface area contributed by atoms with Crippen LogP contribution in [0.5, 0.6) is 0 Å². The fourth-order valence-corrected chi connectivity index (χ4v) is 2.74.